The molecule has 0 aromatic heterocycles. The first-order valence-electron chi connectivity index (χ1n) is 8.98. The third-order valence-electron chi connectivity index (χ3n) is 4.86. The standard InChI is InChI=1S/C21H25ClN2O2/c1-15-13-16(3-9-20(15)22)4-10-21(25)23-17-5-7-18(8-6-17)24-12-11-19(14-24)26-2/h3,5-9,13,19H,4,10-12,14H2,1-2H3,(H,23,25). The summed E-state index contributed by atoms with van der Waals surface area (Å²) in [5, 5.41) is 3.73. The molecule has 2 aromatic rings. The summed E-state index contributed by atoms with van der Waals surface area (Å²) in [7, 11) is 1.76. The maximum atomic E-state index is 12.2. The molecule has 0 spiro atoms. The number of amides is 1. The number of hydrogen-bond acceptors (Lipinski definition) is 3. The highest BCUT2D eigenvalue weighted by Crippen LogP contribution is 2.23. The molecule has 0 bridgehead atoms. The minimum Gasteiger partial charge on any atom is -0.380 e. The Morgan fingerprint density at radius 3 is 2.69 bits per heavy atom. The fourth-order valence-corrected chi connectivity index (χ4v) is 3.37. The molecule has 5 heteroatoms. The number of carbonyl (C=O) groups is 1. The van der Waals surface area contributed by atoms with E-state index in [9.17, 15) is 4.79 Å². The van der Waals surface area contributed by atoms with Gasteiger partial charge in [-0.3, -0.25) is 4.79 Å². The molecular formula is C21H25ClN2O2. The van der Waals surface area contributed by atoms with Gasteiger partial charge in [0, 0.05) is 43.0 Å². The van der Waals surface area contributed by atoms with Gasteiger partial charge in [-0.05, 0) is 61.2 Å². The first-order valence-corrected chi connectivity index (χ1v) is 9.35. The summed E-state index contributed by atoms with van der Waals surface area (Å²) in [6.45, 7) is 3.90. The summed E-state index contributed by atoms with van der Waals surface area (Å²) in [6, 6.07) is 13.9. The monoisotopic (exact) mass is 372 g/mol. The lowest BCUT2D eigenvalue weighted by atomic mass is 10.1. The number of rotatable bonds is 6. The average Bonchev–Trinajstić information content (AvgIpc) is 3.12. The van der Waals surface area contributed by atoms with Gasteiger partial charge in [-0.15, -0.1) is 0 Å². The van der Waals surface area contributed by atoms with Crippen LogP contribution in [0.1, 0.15) is 24.0 Å². The maximum absolute atomic E-state index is 12.2. The number of benzene rings is 2. The van der Waals surface area contributed by atoms with Crippen LogP contribution >= 0.6 is 11.6 Å². The van der Waals surface area contributed by atoms with Crippen LogP contribution in [0.4, 0.5) is 11.4 Å². The maximum Gasteiger partial charge on any atom is 0.224 e. The lowest BCUT2D eigenvalue weighted by Gasteiger charge is -2.18. The number of halogens is 1. The molecule has 0 aliphatic carbocycles. The Hall–Kier alpha value is -2.04. The van der Waals surface area contributed by atoms with Gasteiger partial charge in [0.05, 0.1) is 6.10 Å². The Bertz CT molecular complexity index is 761. The van der Waals surface area contributed by atoms with E-state index in [2.05, 4.69) is 22.3 Å². The van der Waals surface area contributed by atoms with Crippen LogP contribution in [0, 0.1) is 6.92 Å². The lowest BCUT2D eigenvalue weighted by molar-refractivity contribution is -0.116. The number of anilines is 2. The molecule has 0 radical (unpaired) electrons. The second kappa shape index (κ2) is 8.56. The Labute approximate surface area is 160 Å². The van der Waals surface area contributed by atoms with Crippen LogP contribution in [-0.2, 0) is 16.0 Å². The number of aryl methyl sites for hydroxylation is 2. The van der Waals surface area contributed by atoms with Crippen molar-refractivity contribution < 1.29 is 9.53 Å². The summed E-state index contributed by atoms with van der Waals surface area (Å²) in [5.41, 5.74) is 4.16. The first-order chi connectivity index (χ1) is 12.5. The zero-order valence-electron chi connectivity index (χ0n) is 15.3. The highest BCUT2D eigenvalue weighted by molar-refractivity contribution is 6.31. The number of nitrogens with one attached hydrogen (secondary N) is 1. The second-order valence-corrected chi connectivity index (χ2v) is 7.18. The van der Waals surface area contributed by atoms with Gasteiger partial charge in [0.15, 0.2) is 0 Å². The van der Waals surface area contributed by atoms with E-state index in [1.165, 1.54) is 5.69 Å². The van der Waals surface area contributed by atoms with Crippen LogP contribution in [0.25, 0.3) is 0 Å². The van der Waals surface area contributed by atoms with Crippen molar-refractivity contribution in [3.05, 3.63) is 58.6 Å². The quantitative estimate of drug-likeness (QED) is 0.814. The largest absolute Gasteiger partial charge is 0.380 e. The summed E-state index contributed by atoms with van der Waals surface area (Å²) < 4.78 is 5.41. The van der Waals surface area contributed by atoms with E-state index in [0.717, 1.165) is 41.3 Å². The average molecular weight is 373 g/mol. The minimum absolute atomic E-state index is 0.0194. The van der Waals surface area contributed by atoms with Crippen molar-refractivity contribution in [2.24, 2.45) is 0 Å². The molecule has 4 nitrogen and oxygen atoms in total. The fraction of sp³-hybridized carbons (Fsp3) is 0.381. The van der Waals surface area contributed by atoms with Crippen LogP contribution in [0.2, 0.25) is 5.02 Å². The molecule has 3 rings (SSSR count). The molecule has 0 saturated carbocycles. The third-order valence-corrected chi connectivity index (χ3v) is 5.28. The van der Waals surface area contributed by atoms with E-state index in [0.29, 0.717) is 18.9 Å². The predicted molar refractivity (Wildman–Crippen MR) is 107 cm³/mol. The van der Waals surface area contributed by atoms with Crippen molar-refractivity contribution in [2.45, 2.75) is 32.3 Å². The van der Waals surface area contributed by atoms with Crippen LogP contribution in [0.3, 0.4) is 0 Å². The number of ether oxygens (including phenoxy) is 1. The predicted octanol–water partition coefficient (Wildman–Crippen LogP) is 4.44. The van der Waals surface area contributed by atoms with Gasteiger partial charge in [-0.25, -0.2) is 0 Å². The number of methoxy groups -OCH3 is 1. The molecule has 1 unspecified atom stereocenters. The van der Waals surface area contributed by atoms with E-state index >= 15 is 0 Å². The minimum atomic E-state index is 0.0194. The van der Waals surface area contributed by atoms with Gasteiger partial charge in [-0.2, -0.15) is 0 Å². The molecule has 1 N–H and O–H groups in total. The van der Waals surface area contributed by atoms with E-state index < -0.39 is 0 Å². The normalized spacial score (nSPS) is 16.7. The van der Waals surface area contributed by atoms with Crippen molar-refractivity contribution >= 4 is 28.9 Å². The molecular weight excluding hydrogens is 348 g/mol. The van der Waals surface area contributed by atoms with E-state index in [1.54, 1.807) is 7.11 Å². The molecule has 2 aromatic carbocycles. The topological polar surface area (TPSA) is 41.6 Å². The number of nitrogens with zero attached hydrogens (tertiary/aromatic N) is 1. The van der Waals surface area contributed by atoms with Crippen molar-refractivity contribution in [3.63, 3.8) is 0 Å². The summed E-state index contributed by atoms with van der Waals surface area (Å²) in [6.07, 6.45) is 2.52. The Morgan fingerprint density at radius 2 is 2.04 bits per heavy atom. The van der Waals surface area contributed by atoms with Crippen molar-refractivity contribution in [2.75, 3.05) is 30.4 Å². The highest BCUT2D eigenvalue weighted by atomic mass is 35.5. The Balaban J connectivity index is 1.50. The van der Waals surface area contributed by atoms with Crippen molar-refractivity contribution in [1.82, 2.24) is 0 Å². The van der Waals surface area contributed by atoms with Crippen LogP contribution < -0.4 is 10.2 Å². The van der Waals surface area contributed by atoms with Crippen molar-refractivity contribution in [3.8, 4) is 0 Å². The van der Waals surface area contributed by atoms with Gasteiger partial charge in [-0.1, -0.05) is 23.7 Å². The van der Waals surface area contributed by atoms with Gasteiger partial charge < -0.3 is 15.0 Å². The molecule has 26 heavy (non-hydrogen) atoms. The molecule has 1 fully saturated rings. The van der Waals surface area contributed by atoms with E-state index in [1.807, 2.05) is 37.3 Å². The van der Waals surface area contributed by atoms with Crippen LogP contribution in [-0.4, -0.2) is 32.2 Å². The highest BCUT2D eigenvalue weighted by Gasteiger charge is 2.22. The number of carbonyl (C=O) groups excluding carboxylic acids is 1. The molecule has 1 amide bonds. The summed E-state index contributed by atoms with van der Waals surface area (Å²) in [4.78, 5) is 14.5. The molecule has 1 atom stereocenters. The zero-order chi connectivity index (χ0) is 18.5. The zero-order valence-corrected chi connectivity index (χ0v) is 16.1. The third kappa shape index (κ3) is 4.77. The van der Waals surface area contributed by atoms with Crippen LogP contribution in [0.15, 0.2) is 42.5 Å². The smallest absolute Gasteiger partial charge is 0.224 e. The molecule has 1 heterocycles. The Morgan fingerprint density at radius 1 is 1.27 bits per heavy atom. The Kier molecular flexibility index (Phi) is 6.17. The number of hydrogen-bond donors (Lipinski definition) is 1. The summed E-state index contributed by atoms with van der Waals surface area (Å²) in [5.74, 6) is 0.0194. The van der Waals surface area contributed by atoms with Gasteiger partial charge in [0.25, 0.3) is 0 Å². The van der Waals surface area contributed by atoms with Gasteiger partial charge in [0.2, 0.25) is 5.91 Å². The lowest BCUT2D eigenvalue weighted by Crippen LogP contribution is -2.22. The SMILES string of the molecule is COC1CCN(c2ccc(NC(=O)CCc3ccc(Cl)c(C)c3)cc2)C1. The van der Waals surface area contributed by atoms with Gasteiger partial charge >= 0.3 is 0 Å². The second-order valence-electron chi connectivity index (χ2n) is 6.77. The van der Waals surface area contributed by atoms with E-state index in [-0.39, 0.29) is 5.91 Å². The summed E-state index contributed by atoms with van der Waals surface area (Å²) >= 11 is 6.04. The molecule has 1 aliphatic heterocycles. The fourth-order valence-electron chi connectivity index (χ4n) is 3.25. The first kappa shape index (κ1) is 18.7. The molecule has 138 valence electrons. The van der Waals surface area contributed by atoms with Gasteiger partial charge in [0.1, 0.15) is 0 Å². The molecule has 1 aliphatic rings. The molecule has 1 saturated heterocycles. The van der Waals surface area contributed by atoms with Crippen molar-refractivity contribution in [1.29, 1.82) is 0 Å². The van der Waals surface area contributed by atoms with E-state index in [4.69, 9.17) is 16.3 Å². The van der Waals surface area contributed by atoms with Crippen LogP contribution in [0.5, 0.6) is 0 Å².